The second kappa shape index (κ2) is 10.3. The Hall–Kier alpha value is -3.14. The normalized spacial score (nSPS) is 10.9. The Labute approximate surface area is 182 Å². The van der Waals surface area contributed by atoms with Gasteiger partial charge in [-0.25, -0.2) is 8.42 Å². The van der Waals surface area contributed by atoms with E-state index < -0.39 is 22.5 Å². The fourth-order valence-electron chi connectivity index (χ4n) is 3.06. The zero-order valence-electron chi connectivity index (χ0n) is 18.5. The molecule has 31 heavy (non-hydrogen) atoms. The fourth-order valence-corrected chi connectivity index (χ4v) is 3.91. The second-order valence-electron chi connectivity index (χ2n) is 6.72. The number of methoxy groups -OCH3 is 4. The number of nitrogens with one attached hydrogen (secondary N) is 1. The Balaban J connectivity index is 2.25. The van der Waals surface area contributed by atoms with Crippen molar-refractivity contribution in [1.29, 1.82) is 0 Å². The van der Waals surface area contributed by atoms with E-state index in [9.17, 15) is 13.2 Å². The quantitative estimate of drug-likeness (QED) is 0.589. The number of nitrogens with zero attached hydrogens (tertiary/aromatic N) is 1. The van der Waals surface area contributed by atoms with Crippen LogP contribution >= 0.6 is 0 Å². The van der Waals surface area contributed by atoms with Crippen LogP contribution in [-0.4, -0.2) is 55.6 Å². The number of hydrogen-bond donors (Lipinski definition) is 1. The molecule has 10 heteroatoms. The molecule has 0 aliphatic heterocycles. The highest BCUT2D eigenvalue weighted by atomic mass is 32.2. The van der Waals surface area contributed by atoms with Gasteiger partial charge in [0.2, 0.25) is 21.7 Å². The topological polar surface area (TPSA) is 103 Å². The highest BCUT2D eigenvalue weighted by Crippen LogP contribution is 2.39. The minimum atomic E-state index is -3.75. The van der Waals surface area contributed by atoms with Crippen LogP contribution in [0.2, 0.25) is 0 Å². The van der Waals surface area contributed by atoms with Crippen LogP contribution < -0.4 is 28.6 Å². The molecule has 0 heterocycles. The number of amides is 1. The van der Waals surface area contributed by atoms with Crippen molar-refractivity contribution >= 4 is 21.6 Å². The first-order valence-corrected chi connectivity index (χ1v) is 11.2. The minimum Gasteiger partial charge on any atom is -0.495 e. The van der Waals surface area contributed by atoms with Crippen LogP contribution in [0, 0.1) is 6.92 Å². The first-order valence-electron chi connectivity index (χ1n) is 9.33. The Morgan fingerprint density at radius 2 is 1.55 bits per heavy atom. The molecule has 0 aromatic heterocycles. The third-order valence-electron chi connectivity index (χ3n) is 4.55. The van der Waals surface area contributed by atoms with Crippen molar-refractivity contribution < 1.29 is 32.2 Å². The van der Waals surface area contributed by atoms with Crippen LogP contribution in [0.25, 0.3) is 0 Å². The molecule has 2 rings (SSSR count). The van der Waals surface area contributed by atoms with Crippen molar-refractivity contribution in [3.05, 3.63) is 41.5 Å². The SMILES string of the molecule is COc1ccc(C)cc1N(CC(=O)NCc1ccc(OC)c(OC)c1OC)S(C)(=O)=O. The second-order valence-corrected chi connectivity index (χ2v) is 8.62. The minimum absolute atomic E-state index is 0.102. The molecule has 0 saturated heterocycles. The van der Waals surface area contributed by atoms with E-state index in [1.165, 1.54) is 28.4 Å². The van der Waals surface area contributed by atoms with Crippen molar-refractivity contribution in [2.45, 2.75) is 13.5 Å². The number of rotatable bonds is 10. The lowest BCUT2D eigenvalue weighted by Gasteiger charge is -2.24. The molecule has 1 amide bonds. The van der Waals surface area contributed by atoms with Gasteiger partial charge in [0.1, 0.15) is 12.3 Å². The van der Waals surface area contributed by atoms with Gasteiger partial charge in [-0.15, -0.1) is 0 Å². The molecule has 0 unspecified atom stereocenters. The van der Waals surface area contributed by atoms with Crippen LogP contribution in [0.1, 0.15) is 11.1 Å². The highest BCUT2D eigenvalue weighted by Gasteiger charge is 2.24. The highest BCUT2D eigenvalue weighted by molar-refractivity contribution is 7.92. The van der Waals surface area contributed by atoms with Crippen molar-refractivity contribution in [1.82, 2.24) is 5.32 Å². The number of ether oxygens (including phenoxy) is 4. The number of aryl methyl sites for hydroxylation is 1. The van der Waals surface area contributed by atoms with E-state index in [0.29, 0.717) is 34.2 Å². The van der Waals surface area contributed by atoms with Gasteiger partial charge in [-0.2, -0.15) is 0 Å². The lowest BCUT2D eigenvalue weighted by molar-refractivity contribution is -0.119. The summed E-state index contributed by atoms with van der Waals surface area (Å²) < 4.78 is 47.1. The van der Waals surface area contributed by atoms with Crippen LogP contribution in [0.3, 0.4) is 0 Å². The maximum absolute atomic E-state index is 12.7. The fraction of sp³-hybridized carbons (Fsp3) is 0.381. The van der Waals surface area contributed by atoms with E-state index in [4.69, 9.17) is 18.9 Å². The summed E-state index contributed by atoms with van der Waals surface area (Å²) >= 11 is 0. The molecule has 9 nitrogen and oxygen atoms in total. The standard InChI is InChI=1S/C21H28N2O7S/c1-14-7-9-17(27-2)16(11-14)23(31(6,25)26)13-19(24)22-12-15-8-10-18(28-3)21(30-5)20(15)29-4/h7-11H,12-13H2,1-6H3,(H,22,24). The van der Waals surface area contributed by atoms with Crippen molar-refractivity contribution in [3.63, 3.8) is 0 Å². The third-order valence-corrected chi connectivity index (χ3v) is 5.68. The average molecular weight is 453 g/mol. The van der Waals surface area contributed by atoms with Crippen LogP contribution in [0.5, 0.6) is 23.0 Å². The predicted molar refractivity (Wildman–Crippen MR) is 118 cm³/mol. The molecule has 0 spiro atoms. The molecule has 0 saturated carbocycles. The summed E-state index contributed by atoms with van der Waals surface area (Å²) in [7, 11) is 2.18. The van der Waals surface area contributed by atoms with E-state index >= 15 is 0 Å². The molecule has 0 bridgehead atoms. The van der Waals surface area contributed by atoms with E-state index in [1.807, 2.05) is 6.92 Å². The van der Waals surface area contributed by atoms with E-state index in [0.717, 1.165) is 16.1 Å². The molecule has 0 atom stereocenters. The van der Waals surface area contributed by atoms with Crippen LogP contribution in [0.4, 0.5) is 5.69 Å². The maximum Gasteiger partial charge on any atom is 0.241 e. The molecule has 170 valence electrons. The number of benzene rings is 2. The summed E-state index contributed by atoms with van der Waals surface area (Å²) in [6.07, 6.45) is 1.04. The summed E-state index contributed by atoms with van der Waals surface area (Å²) in [5.74, 6) is 1.17. The van der Waals surface area contributed by atoms with Gasteiger partial charge in [-0.3, -0.25) is 9.10 Å². The van der Waals surface area contributed by atoms with Gasteiger partial charge >= 0.3 is 0 Å². The zero-order valence-corrected chi connectivity index (χ0v) is 19.3. The summed E-state index contributed by atoms with van der Waals surface area (Å²) in [6, 6.07) is 8.55. The average Bonchev–Trinajstić information content (AvgIpc) is 2.74. The van der Waals surface area contributed by atoms with E-state index in [2.05, 4.69) is 5.32 Å². The van der Waals surface area contributed by atoms with Gasteiger partial charge in [0.05, 0.1) is 40.4 Å². The Kier molecular flexibility index (Phi) is 7.98. The summed E-state index contributed by atoms with van der Waals surface area (Å²) in [4.78, 5) is 12.7. The maximum atomic E-state index is 12.7. The summed E-state index contributed by atoms with van der Waals surface area (Å²) in [5.41, 5.74) is 1.77. The molecule has 2 aromatic carbocycles. The lowest BCUT2D eigenvalue weighted by atomic mass is 10.1. The van der Waals surface area contributed by atoms with Crippen LogP contribution in [0.15, 0.2) is 30.3 Å². The van der Waals surface area contributed by atoms with Gasteiger partial charge in [-0.1, -0.05) is 6.07 Å². The number of sulfonamides is 1. The lowest BCUT2D eigenvalue weighted by Crippen LogP contribution is -2.40. The van der Waals surface area contributed by atoms with Crippen molar-refractivity contribution in [2.24, 2.45) is 0 Å². The predicted octanol–water partition coefficient (Wildman–Crippen LogP) is 2.11. The smallest absolute Gasteiger partial charge is 0.241 e. The van der Waals surface area contributed by atoms with Gasteiger partial charge in [0.25, 0.3) is 0 Å². The Morgan fingerprint density at radius 1 is 0.935 bits per heavy atom. The molecular weight excluding hydrogens is 424 g/mol. The number of hydrogen-bond acceptors (Lipinski definition) is 7. The number of anilines is 1. The molecule has 2 aromatic rings. The first-order chi connectivity index (χ1) is 14.7. The van der Waals surface area contributed by atoms with Crippen molar-refractivity contribution in [3.8, 4) is 23.0 Å². The molecule has 0 fully saturated rings. The van der Waals surface area contributed by atoms with Gasteiger partial charge < -0.3 is 24.3 Å². The molecule has 0 aliphatic rings. The Bertz CT molecular complexity index is 1040. The van der Waals surface area contributed by atoms with Crippen molar-refractivity contribution in [2.75, 3.05) is 45.5 Å². The number of carbonyl (C=O) groups is 1. The summed E-state index contributed by atoms with van der Waals surface area (Å²) in [5, 5.41) is 2.72. The summed E-state index contributed by atoms with van der Waals surface area (Å²) in [6.45, 7) is 1.52. The largest absolute Gasteiger partial charge is 0.495 e. The van der Waals surface area contributed by atoms with Crippen LogP contribution in [-0.2, 0) is 21.4 Å². The van der Waals surface area contributed by atoms with Gasteiger partial charge in [0.15, 0.2) is 11.5 Å². The molecular formula is C21H28N2O7S. The molecule has 0 aliphatic carbocycles. The zero-order chi connectivity index (χ0) is 23.2. The third kappa shape index (κ3) is 5.72. The van der Waals surface area contributed by atoms with Gasteiger partial charge in [0, 0.05) is 12.1 Å². The van der Waals surface area contributed by atoms with E-state index in [1.54, 1.807) is 30.3 Å². The monoisotopic (exact) mass is 452 g/mol. The molecule has 1 N–H and O–H groups in total. The van der Waals surface area contributed by atoms with Gasteiger partial charge in [-0.05, 0) is 36.8 Å². The number of carbonyl (C=O) groups excluding carboxylic acids is 1. The molecule has 0 radical (unpaired) electrons. The van der Waals surface area contributed by atoms with E-state index in [-0.39, 0.29) is 6.54 Å². The Morgan fingerprint density at radius 3 is 2.10 bits per heavy atom. The first kappa shape index (κ1) is 24.1.